The molecule has 0 unspecified atom stereocenters. The Kier molecular flexibility index (Phi) is 3.99. The van der Waals surface area contributed by atoms with E-state index in [4.69, 9.17) is 11.6 Å². The zero-order chi connectivity index (χ0) is 14.8. The van der Waals surface area contributed by atoms with Crippen LogP contribution in [0.1, 0.15) is 5.56 Å². The summed E-state index contributed by atoms with van der Waals surface area (Å²) in [6.45, 7) is 0.483. The quantitative estimate of drug-likeness (QED) is 0.690. The summed E-state index contributed by atoms with van der Waals surface area (Å²) in [6.07, 6.45) is 1.75. The number of pyridine rings is 1. The molecule has 0 amide bonds. The van der Waals surface area contributed by atoms with Crippen LogP contribution in [-0.4, -0.2) is 10.1 Å². The zero-order valence-corrected chi connectivity index (χ0v) is 13.3. The first-order valence-corrected chi connectivity index (χ1v) is 7.56. The predicted octanol–water partition coefficient (Wildman–Crippen LogP) is 4.97. The van der Waals surface area contributed by atoms with Crippen LogP contribution in [0.25, 0.3) is 10.9 Å². The lowest BCUT2D eigenvalue weighted by Gasteiger charge is -2.11. The van der Waals surface area contributed by atoms with Gasteiger partial charge < -0.3 is 10.4 Å². The number of anilines is 1. The summed E-state index contributed by atoms with van der Waals surface area (Å²) in [6, 6.07) is 12.9. The highest BCUT2D eigenvalue weighted by atomic mass is 79.9. The average Bonchev–Trinajstić information content (AvgIpc) is 2.47. The zero-order valence-electron chi connectivity index (χ0n) is 11.0. The molecule has 1 heterocycles. The molecule has 3 rings (SSSR count). The molecule has 0 fully saturated rings. The largest absolute Gasteiger partial charge is 0.508 e. The Morgan fingerprint density at radius 2 is 2.05 bits per heavy atom. The summed E-state index contributed by atoms with van der Waals surface area (Å²) < 4.78 is 0.922. The molecule has 2 aromatic carbocycles. The Bertz CT molecular complexity index is 807. The summed E-state index contributed by atoms with van der Waals surface area (Å²) in [5, 5.41) is 14.8. The molecule has 0 aliphatic rings. The number of nitrogens with one attached hydrogen (secondary N) is 1. The van der Waals surface area contributed by atoms with Gasteiger partial charge in [0.2, 0.25) is 0 Å². The third-order valence-corrected chi connectivity index (χ3v) is 3.89. The van der Waals surface area contributed by atoms with Crippen molar-refractivity contribution in [2.75, 3.05) is 5.32 Å². The van der Waals surface area contributed by atoms with E-state index in [-0.39, 0.29) is 5.75 Å². The van der Waals surface area contributed by atoms with Gasteiger partial charge in [-0.15, -0.1) is 0 Å². The molecular formula is C16H12BrClN2O. The molecule has 0 bridgehead atoms. The van der Waals surface area contributed by atoms with Gasteiger partial charge in [-0.1, -0.05) is 33.6 Å². The molecule has 0 spiro atoms. The van der Waals surface area contributed by atoms with Crippen LogP contribution in [0.3, 0.4) is 0 Å². The molecule has 0 aliphatic heterocycles. The first-order valence-electron chi connectivity index (χ1n) is 6.39. The van der Waals surface area contributed by atoms with E-state index >= 15 is 0 Å². The van der Waals surface area contributed by atoms with Gasteiger partial charge in [0, 0.05) is 33.2 Å². The lowest BCUT2D eigenvalue weighted by atomic mass is 10.1. The van der Waals surface area contributed by atoms with Crippen molar-refractivity contribution < 1.29 is 5.11 Å². The Labute approximate surface area is 135 Å². The molecule has 0 atom stereocenters. The highest BCUT2D eigenvalue weighted by Gasteiger charge is 2.06. The van der Waals surface area contributed by atoms with Crippen molar-refractivity contribution in [3.63, 3.8) is 0 Å². The van der Waals surface area contributed by atoms with Crippen LogP contribution in [-0.2, 0) is 6.54 Å². The van der Waals surface area contributed by atoms with E-state index < -0.39 is 0 Å². The number of halogens is 2. The third-order valence-electron chi connectivity index (χ3n) is 3.18. The number of phenols is 1. The second kappa shape index (κ2) is 5.92. The van der Waals surface area contributed by atoms with E-state index in [9.17, 15) is 5.11 Å². The fourth-order valence-corrected chi connectivity index (χ4v) is 2.81. The van der Waals surface area contributed by atoms with Crippen molar-refractivity contribution in [1.82, 2.24) is 4.98 Å². The summed E-state index contributed by atoms with van der Waals surface area (Å²) in [5.74, 6) is 0.255. The lowest BCUT2D eigenvalue weighted by molar-refractivity contribution is 0.469. The SMILES string of the molecule is Oc1ccc(Br)cc1CNc1cc(Cl)cc2cccnc12. The van der Waals surface area contributed by atoms with Gasteiger partial charge in [0.25, 0.3) is 0 Å². The van der Waals surface area contributed by atoms with Gasteiger partial charge in [-0.05, 0) is 36.4 Å². The number of nitrogens with zero attached hydrogens (tertiary/aromatic N) is 1. The fourth-order valence-electron chi connectivity index (χ4n) is 2.18. The molecule has 3 nitrogen and oxygen atoms in total. The minimum absolute atomic E-state index is 0.255. The smallest absolute Gasteiger partial charge is 0.120 e. The number of rotatable bonds is 3. The Morgan fingerprint density at radius 3 is 2.90 bits per heavy atom. The van der Waals surface area contributed by atoms with Crippen LogP contribution in [0.5, 0.6) is 5.75 Å². The second-order valence-corrected chi connectivity index (χ2v) is 6.01. The molecule has 5 heteroatoms. The van der Waals surface area contributed by atoms with E-state index in [1.807, 2.05) is 30.3 Å². The lowest BCUT2D eigenvalue weighted by Crippen LogP contribution is -2.01. The maximum absolute atomic E-state index is 9.88. The van der Waals surface area contributed by atoms with E-state index in [1.165, 1.54) is 0 Å². The maximum Gasteiger partial charge on any atom is 0.120 e. The van der Waals surface area contributed by atoms with Gasteiger partial charge in [-0.2, -0.15) is 0 Å². The van der Waals surface area contributed by atoms with Crippen LogP contribution in [0.2, 0.25) is 5.02 Å². The summed E-state index contributed by atoms with van der Waals surface area (Å²) >= 11 is 9.54. The highest BCUT2D eigenvalue weighted by molar-refractivity contribution is 9.10. The van der Waals surface area contributed by atoms with Gasteiger partial charge in [0.05, 0.1) is 11.2 Å². The molecule has 0 saturated carbocycles. The minimum Gasteiger partial charge on any atom is -0.508 e. The molecule has 2 N–H and O–H groups in total. The summed E-state index contributed by atoms with van der Waals surface area (Å²) in [7, 11) is 0. The number of hydrogen-bond acceptors (Lipinski definition) is 3. The van der Waals surface area contributed by atoms with Crippen LogP contribution in [0.15, 0.2) is 53.1 Å². The van der Waals surface area contributed by atoms with Crippen molar-refractivity contribution in [3.8, 4) is 5.75 Å². The molecule has 1 aromatic heterocycles. The molecule has 0 radical (unpaired) electrons. The van der Waals surface area contributed by atoms with E-state index in [0.29, 0.717) is 11.6 Å². The van der Waals surface area contributed by atoms with Crippen LogP contribution < -0.4 is 5.32 Å². The van der Waals surface area contributed by atoms with Gasteiger partial charge in [-0.25, -0.2) is 0 Å². The van der Waals surface area contributed by atoms with Crippen molar-refractivity contribution in [1.29, 1.82) is 0 Å². The second-order valence-electron chi connectivity index (χ2n) is 4.66. The molecule has 0 saturated heterocycles. The van der Waals surface area contributed by atoms with Crippen LogP contribution >= 0.6 is 27.5 Å². The number of aromatic hydroxyl groups is 1. The van der Waals surface area contributed by atoms with Crippen LogP contribution in [0.4, 0.5) is 5.69 Å². The summed E-state index contributed by atoms with van der Waals surface area (Å²) in [4.78, 5) is 4.38. The van der Waals surface area contributed by atoms with Gasteiger partial charge in [0.15, 0.2) is 0 Å². The van der Waals surface area contributed by atoms with E-state index in [2.05, 4.69) is 26.2 Å². The summed E-state index contributed by atoms with van der Waals surface area (Å²) in [5.41, 5.74) is 2.50. The molecule has 0 aliphatic carbocycles. The number of phenolic OH excluding ortho intramolecular Hbond substituents is 1. The Morgan fingerprint density at radius 1 is 1.19 bits per heavy atom. The normalized spacial score (nSPS) is 10.8. The number of benzene rings is 2. The van der Waals surface area contributed by atoms with Crippen molar-refractivity contribution in [3.05, 3.63) is 63.7 Å². The van der Waals surface area contributed by atoms with Gasteiger partial charge in [-0.3, -0.25) is 4.98 Å². The third kappa shape index (κ3) is 3.12. The van der Waals surface area contributed by atoms with Crippen LogP contribution in [0, 0.1) is 0 Å². The standard InChI is InChI=1S/C16H12BrClN2O/c17-12-3-4-15(21)11(6-12)9-20-14-8-13(18)7-10-2-1-5-19-16(10)14/h1-8,20-21H,9H2. The Balaban J connectivity index is 1.93. The number of hydrogen-bond donors (Lipinski definition) is 2. The number of fused-ring (bicyclic) bond motifs is 1. The molecule has 3 aromatic rings. The van der Waals surface area contributed by atoms with Gasteiger partial charge >= 0.3 is 0 Å². The van der Waals surface area contributed by atoms with E-state index in [0.717, 1.165) is 26.6 Å². The minimum atomic E-state index is 0.255. The fraction of sp³-hybridized carbons (Fsp3) is 0.0625. The molecular weight excluding hydrogens is 352 g/mol. The van der Waals surface area contributed by atoms with E-state index in [1.54, 1.807) is 18.3 Å². The van der Waals surface area contributed by atoms with Gasteiger partial charge in [0.1, 0.15) is 5.75 Å². The topological polar surface area (TPSA) is 45.1 Å². The monoisotopic (exact) mass is 362 g/mol. The number of aromatic nitrogens is 1. The maximum atomic E-state index is 9.88. The Hall–Kier alpha value is -1.78. The van der Waals surface area contributed by atoms with Crippen molar-refractivity contribution >= 4 is 44.1 Å². The first-order chi connectivity index (χ1) is 10.1. The molecule has 106 valence electrons. The highest BCUT2D eigenvalue weighted by Crippen LogP contribution is 2.28. The first kappa shape index (κ1) is 14.2. The predicted molar refractivity (Wildman–Crippen MR) is 89.9 cm³/mol. The van der Waals surface area contributed by atoms with Crippen molar-refractivity contribution in [2.24, 2.45) is 0 Å². The molecule has 21 heavy (non-hydrogen) atoms. The average molecular weight is 364 g/mol. The van der Waals surface area contributed by atoms with Crippen molar-refractivity contribution in [2.45, 2.75) is 6.54 Å².